The van der Waals surface area contributed by atoms with Gasteiger partial charge in [0.15, 0.2) is 5.13 Å². The number of carbonyl (C=O) groups is 1. The first-order chi connectivity index (χ1) is 14.5. The smallest absolute Gasteiger partial charge is 0.323 e. The van der Waals surface area contributed by atoms with Crippen LogP contribution in [0, 0.1) is 24.1 Å². The molecule has 2 saturated heterocycles. The number of carbonyl (C=O) groups excluding carboxylic acids is 1. The number of likely N-dealkylation sites (tertiary alicyclic amines) is 1. The first-order valence-corrected chi connectivity index (χ1v) is 11.0. The molecule has 0 bridgehead atoms. The number of anilines is 1. The van der Waals surface area contributed by atoms with E-state index in [-0.39, 0.29) is 11.8 Å². The number of halogens is 1. The van der Waals surface area contributed by atoms with Crippen molar-refractivity contribution in [1.82, 2.24) is 20.1 Å². The Morgan fingerprint density at radius 1 is 1.37 bits per heavy atom. The quantitative estimate of drug-likeness (QED) is 0.720. The van der Waals surface area contributed by atoms with Crippen molar-refractivity contribution in [3.8, 4) is 12.3 Å². The Balaban J connectivity index is 1.33. The molecule has 0 spiro atoms. The summed E-state index contributed by atoms with van der Waals surface area (Å²) in [5.74, 6) is 3.00. The van der Waals surface area contributed by atoms with Gasteiger partial charge in [0.2, 0.25) is 0 Å². The van der Waals surface area contributed by atoms with Crippen LogP contribution in [0.3, 0.4) is 0 Å². The minimum atomic E-state index is -0.793. The van der Waals surface area contributed by atoms with Gasteiger partial charge in [-0.2, -0.15) is 0 Å². The van der Waals surface area contributed by atoms with Crippen molar-refractivity contribution in [2.75, 3.05) is 51.1 Å². The number of amides is 2. The SMILES string of the molecule is C#C[C@](C)(c1ccc(F)cc1)c1csc(NC(=O)N2CC(CN3CCNCC3)C2)n1. The van der Waals surface area contributed by atoms with Crippen LogP contribution < -0.4 is 10.6 Å². The van der Waals surface area contributed by atoms with Crippen LogP contribution >= 0.6 is 11.3 Å². The van der Waals surface area contributed by atoms with Crippen LogP contribution in [0.2, 0.25) is 0 Å². The molecular weight excluding hydrogens is 401 g/mol. The average molecular weight is 428 g/mol. The largest absolute Gasteiger partial charge is 0.324 e. The zero-order valence-corrected chi connectivity index (χ0v) is 17.8. The lowest BCUT2D eigenvalue weighted by Crippen LogP contribution is -2.56. The first-order valence-electron chi connectivity index (χ1n) is 10.2. The van der Waals surface area contributed by atoms with Crippen LogP contribution in [0.4, 0.5) is 14.3 Å². The molecule has 0 saturated carbocycles. The maximum Gasteiger partial charge on any atom is 0.323 e. The highest BCUT2D eigenvalue weighted by molar-refractivity contribution is 7.14. The van der Waals surface area contributed by atoms with E-state index >= 15 is 0 Å². The van der Waals surface area contributed by atoms with Crippen LogP contribution in [0.15, 0.2) is 29.6 Å². The van der Waals surface area contributed by atoms with Gasteiger partial charge in [0.1, 0.15) is 5.82 Å². The number of urea groups is 1. The van der Waals surface area contributed by atoms with Crippen molar-refractivity contribution in [3.63, 3.8) is 0 Å². The Morgan fingerprint density at radius 3 is 2.73 bits per heavy atom. The predicted molar refractivity (Wildman–Crippen MR) is 117 cm³/mol. The molecule has 158 valence electrons. The monoisotopic (exact) mass is 427 g/mol. The molecule has 4 rings (SSSR count). The standard InChI is InChI=1S/C22H26FN5OS/c1-3-22(2,17-4-6-18(23)7-5-17)19-15-30-20(25-19)26-21(29)28-13-16(14-28)12-27-10-8-24-9-11-27/h1,4-7,15-16,24H,8-14H2,2H3,(H,25,26,29)/t22-/m1/s1. The van der Waals surface area contributed by atoms with Crippen molar-refractivity contribution < 1.29 is 9.18 Å². The number of nitrogens with one attached hydrogen (secondary N) is 2. The molecule has 2 aliphatic heterocycles. The minimum absolute atomic E-state index is 0.128. The van der Waals surface area contributed by atoms with Gasteiger partial charge in [-0.1, -0.05) is 18.1 Å². The number of piperazine rings is 1. The summed E-state index contributed by atoms with van der Waals surface area (Å²) < 4.78 is 13.3. The van der Waals surface area contributed by atoms with E-state index in [0.29, 0.717) is 16.7 Å². The zero-order chi connectivity index (χ0) is 21.1. The number of hydrogen-bond acceptors (Lipinski definition) is 5. The zero-order valence-electron chi connectivity index (χ0n) is 17.0. The Labute approximate surface area is 180 Å². The van der Waals surface area contributed by atoms with Gasteiger partial charge in [-0.3, -0.25) is 5.32 Å². The first kappa shape index (κ1) is 20.8. The van der Waals surface area contributed by atoms with Gasteiger partial charge in [-0.05, 0) is 24.6 Å². The molecule has 2 aromatic rings. The lowest BCUT2D eigenvalue weighted by molar-refractivity contribution is 0.0916. The van der Waals surface area contributed by atoms with Gasteiger partial charge in [0.05, 0.1) is 11.1 Å². The number of benzene rings is 1. The fraction of sp³-hybridized carbons (Fsp3) is 0.455. The molecular formula is C22H26FN5OS. The molecule has 2 fully saturated rings. The van der Waals surface area contributed by atoms with Gasteiger partial charge in [0.25, 0.3) is 0 Å². The number of terminal acetylenes is 1. The van der Waals surface area contributed by atoms with Crippen LogP contribution in [0.1, 0.15) is 18.2 Å². The van der Waals surface area contributed by atoms with E-state index in [4.69, 9.17) is 6.42 Å². The summed E-state index contributed by atoms with van der Waals surface area (Å²) in [5, 5.41) is 8.61. The molecule has 0 unspecified atom stereocenters. The summed E-state index contributed by atoms with van der Waals surface area (Å²) in [7, 11) is 0. The predicted octanol–water partition coefficient (Wildman–Crippen LogP) is 2.59. The van der Waals surface area contributed by atoms with Gasteiger partial charge < -0.3 is 15.1 Å². The molecule has 2 N–H and O–H groups in total. The lowest BCUT2D eigenvalue weighted by atomic mass is 9.81. The maximum atomic E-state index is 13.3. The van der Waals surface area contributed by atoms with E-state index in [2.05, 4.69) is 26.4 Å². The van der Waals surface area contributed by atoms with E-state index < -0.39 is 5.41 Å². The van der Waals surface area contributed by atoms with Crippen molar-refractivity contribution >= 4 is 22.5 Å². The van der Waals surface area contributed by atoms with E-state index in [1.807, 2.05) is 17.2 Å². The van der Waals surface area contributed by atoms with E-state index in [9.17, 15) is 9.18 Å². The van der Waals surface area contributed by atoms with E-state index in [0.717, 1.165) is 51.4 Å². The van der Waals surface area contributed by atoms with Crippen molar-refractivity contribution in [3.05, 3.63) is 46.7 Å². The summed E-state index contributed by atoms with van der Waals surface area (Å²) in [6.45, 7) is 8.69. The molecule has 2 aliphatic rings. The van der Waals surface area contributed by atoms with Crippen molar-refractivity contribution in [1.29, 1.82) is 0 Å². The molecule has 1 aromatic heterocycles. The second-order valence-electron chi connectivity index (χ2n) is 8.07. The second-order valence-corrected chi connectivity index (χ2v) is 8.92. The molecule has 2 amide bonds. The number of aromatic nitrogens is 1. The maximum absolute atomic E-state index is 13.3. The summed E-state index contributed by atoms with van der Waals surface area (Å²) in [4.78, 5) is 21.4. The van der Waals surface area contributed by atoms with Gasteiger partial charge in [-0.15, -0.1) is 17.8 Å². The third-order valence-corrected chi connectivity index (χ3v) is 6.67. The molecule has 8 heteroatoms. The van der Waals surface area contributed by atoms with Gasteiger partial charge in [0, 0.05) is 57.1 Å². The van der Waals surface area contributed by atoms with Crippen LogP contribution in [0.5, 0.6) is 0 Å². The van der Waals surface area contributed by atoms with Crippen LogP contribution in [0.25, 0.3) is 0 Å². The highest BCUT2D eigenvalue weighted by Crippen LogP contribution is 2.33. The van der Waals surface area contributed by atoms with E-state index in [1.165, 1.54) is 23.5 Å². The fourth-order valence-electron chi connectivity index (χ4n) is 3.93. The average Bonchev–Trinajstić information content (AvgIpc) is 3.20. The van der Waals surface area contributed by atoms with Gasteiger partial charge in [-0.25, -0.2) is 14.2 Å². The Morgan fingerprint density at radius 2 is 2.07 bits per heavy atom. The summed E-state index contributed by atoms with van der Waals surface area (Å²) in [6, 6.07) is 6.00. The highest BCUT2D eigenvalue weighted by Gasteiger charge is 2.33. The van der Waals surface area contributed by atoms with Crippen LogP contribution in [-0.4, -0.2) is 66.6 Å². The molecule has 1 atom stereocenters. The molecule has 3 heterocycles. The fourth-order valence-corrected chi connectivity index (χ4v) is 4.74. The Kier molecular flexibility index (Phi) is 6.04. The second kappa shape index (κ2) is 8.72. The molecule has 0 aliphatic carbocycles. The van der Waals surface area contributed by atoms with Crippen LogP contribution in [-0.2, 0) is 5.41 Å². The molecule has 6 nitrogen and oxygen atoms in total. The Bertz CT molecular complexity index is 928. The lowest BCUT2D eigenvalue weighted by Gasteiger charge is -2.42. The third-order valence-electron chi connectivity index (χ3n) is 5.91. The third kappa shape index (κ3) is 4.33. The number of hydrogen-bond donors (Lipinski definition) is 2. The molecule has 0 radical (unpaired) electrons. The molecule has 1 aromatic carbocycles. The summed E-state index contributed by atoms with van der Waals surface area (Å²) in [5.41, 5.74) is 0.656. The summed E-state index contributed by atoms with van der Waals surface area (Å²) >= 11 is 1.34. The minimum Gasteiger partial charge on any atom is -0.324 e. The number of nitrogens with zero attached hydrogens (tertiary/aromatic N) is 3. The van der Waals surface area contributed by atoms with Crippen molar-refractivity contribution in [2.45, 2.75) is 12.3 Å². The number of thiazole rings is 1. The molecule has 30 heavy (non-hydrogen) atoms. The van der Waals surface area contributed by atoms with Gasteiger partial charge >= 0.3 is 6.03 Å². The number of rotatable bonds is 5. The topological polar surface area (TPSA) is 60.5 Å². The Hall–Kier alpha value is -2.47. The highest BCUT2D eigenvalue weighted by atomic mass is 32.1. The van der Waals surface area contributed by atoms with E-state index in [1.54, 1.807) is 12.1 Å². The normalized spacial score (nSPS) is 19.6. The van der Waals surface area contributed by atoms with Crippen molar-refractivity contribution in [2.24, 2.45) is 5.92 Å². The summed E-state index contributed by atoms with van der Waals surface area (Å²) in [6.07, 6.45) is 5.81.